The molecule has 21 heavy (non-hydrogen) atoms. The van der Waals surface area contributed by atoms with Crippen molar-refractivity contribution in [3.8, 4) is 11.8 Å². The molecule has 3 nitrogen and oxygen atoms in total. The summed E-state index contributed by atoms with van der Waals surface area (Å²) in [6.07, 6.45) is 0.996. The summed E-state index contributed by atoms with van der Waals surface area (Å²) in [6, 6.07) is 17.3. The summed E-state index contributed by atoms with van der Waals surface area (Å²) in [6.45, 7) is 0.687. The van der Waals surface area contributed by atoms with Crippen molar-refractivity contribution in [3.63, 3.8) is 0 Å². The molecule has 2 unspecified atom stereocenters. The number of hydrogen-bond acceptors (Lipinski definition) is 3. The summed E-state index contributed by atoms with van der Waals surface area (Å²) in [5, 5.41) is 19.4. The quantitative estimate of drug-likeness (QED) is 0.934. The molecule has 1 aliphatic rings. The Morgan fingerprint density at radius 3 is 2.95 bits per heavy atom. The molecule has 0 aliphatic carbocycles. The number of ether oxygens (including phenoxy) is 1. The zero-order valence-corrected chi connectivity index (χ0v) is 11.7. The lowest BCUT2D eigenvalue weighted by atomic mass is 9.86. The lowest BCUT2D eigenvalue weighted by Gasteiger charge is -2.27. The van der Waals surface area contributed by atoms with Crippen LogP contribution in [0.25, 0.3) is 0 Å². The number of aliphatic hydroxyl groups is 1. The Balaban J connectivity index is 1.79. The van der Waals surface area contributed by atoms with E-state index in [4.69, 9.17) is 10.00 Å². The third-order valence-electron chi connectivity index (χ3n) is 3.99. The van der Waals surface area contributed by atoms with Gasteiger partial charge in [0.15, 0.2) is 0 Å². The average molecular weight is 279 g/mol. The van der Waals surface area contributed by atoms with E-state index in [1.165, 1.54) is 5.56 Å². The van der Waals surface area contributed by atoms with Crippen LogP contribution in [0.15, 0.2) is 48.5 Å². The molecule has 0 saturated heterocycles. The van der Waals surface area contributed by atoms with Crippen molar-refractivity contribution in [3.05, 3.63) is 65.2 Å². The van der Waals surface area contributed by atoms with Gasteiger partial charge in [-0.15, -0.1) is 0 Å². The Bertz CT molecular complexity index is 675. The number of rotatable bonds is 3. The lowest BCUT2D eigenvalue weighted by Crippen LogP contribution is -2.16. The van der Waals surface area contributed by atoms with E-state index < -0.39 is 6.10 Å². The minimum absolute atomic E-state index is 0.288. The molecule has 2 atom stereocenters. The second kappa shape index (κ2) is 5.99. The van der Waals surface area contributed by atoms with Gasteiger partial charge >= 0.3 is 0 Å². The third kappa shape index (κ3) is 2.91. The highest BCUT2D eigenvalue weighted by Crippen LogP contribution is 2.38. The van der Waals surface area contributed by atoms with E-state index in [2.05, 4.69) is 12.1 Å². The highest BCUT2D eigenvalue weighted by molar-refractivity contribution is 5.38. The molecular formula is C18H17NO2. The standard InChI is InChI=1S/C18H17NO2/c19-12-13-4-3-5-15(10-13)17(20)11-14-8-9-21-18-7-2-1-6-16(14)18/h1-7,10,14,17,20H,8-9,11H2. The summed E-state index contributed by atoms with van der Waals surface area (Å²) in [7, 11) is 0. The van der Waals surface area contributed by atoms with Gasteiger partial charge in [-0.1, -0.05) is 30.3 Å². The molecule has 0 amide bonds. The number of hydrogen-bond donors (Lipinski definition) is 1. The van der Waals surface area contributed by atoms with Crippen LogP contribution in [-0.4, -0.2) is 11.7 Å². The minimum Gasteiger partial charge on any atom is -0.493 e. The topological polar surface area (TPSA) is 53.2 Å². The van der Waals surface area contributed by atoms with Crippen LogP contribution in [0.2, 0.25) is 0 Å². The maximum Gasteiger partial charge on any atom is 0.122 e. The van der Waals surface area contributed by atoms with E-state index in [0.29, 0.717) is 18.6 Å². The molecule has 0 fully saturated rings. The monoisotopic (exact) mass is 279 g/mol. The van der Waals surface area contributed by atoms with Crippen LogP contribution < -0.4 is 4.74 Å². The predicted octanol–water partition coefficient (Wildman–Crippen LogP) is 3.55. The molecule has 1 heterocycles. The highest BCUT2D eigenvalue weighted by atomic mass is 16.5. The molecular weight excluding hydrogens is 262 g/mol. The van der Waals surface area contributed by atoms with E-state index in [-0.39, 0.29) is 5.92 Å². The van der Waals surface area contributed by atoms with Crippen molar-refractivity contribution in [1.82, 2.24) is 0 Å². The first-order valence-corrected chi connectivity index (χ1v) is 7.18. The van der Waals surface area contributed by atoms with Gasteiger partial charge < -0.3 is 9.84 Å². The van der Waals surface area contributed by atoms with Crippen molar-refractivity contribution in [2.45, 2.75) is 24.9 Å². The Morgan fingerprint density at radius 1 is 1.24 bits per heavy atom. The molecule has 106 valence electrons. The molecule has 1 aliphatic heterocycles. The van der Waals surface area contributed by atoms with Crippen LogP contribution in [0, 0.1) is 11.3 Å². The number of nitrogens with zero attached hydrogens (tertiary/aromatic N) is 1. The van der Waals surface area contributed by atoms with Crippen molar-refractivity contribution in [2.75, 3.05) is 6.61 Å². The molecule has 3 heteroatoms. The van der Waals surface area contributed by atoms with Gasteiger partial charge in [0.2, 0.25) is 0 Å². The van der Waals surface area contributed by atoms with Gasteiger partial charge in [-0.05, 0) is 48.1 Å². The summed E-state index contributed by atoms with van der Waals surface area (Å²) in [5.74, 6) is 1.21. The molecule has 0 aromatic heterocycles. The first-order chi connectivity index (χ1) is 10.3. The number of nitriles is 1. The van der Waals surface area contributed by atoms with Crippen molar-refractivity contribution < 1.29 is 9.84 Å². The molecule has 0 saturated carbocycles. The van der Waals surface area contributed by atoms with Gasteiger partial charge in [-0.2, -0.15) is 5.26 Å². The van der Waals surface area contributed by atoms with Crippen molar-refractivity contribution in [1.29, 1.82) is 5.26 Å². The molecule has 1 N–H and O–H groups in total. The van der Waals surface area contributed by atoms with E-state index in [1.54, 1.807) is 12.1 Å². The Morgan fingerprint density at radius 2 is 2.10 bits per heavy atom. The molecule has 2 aromatic carbocycles. The summed E-state index contributed by atoms with van der Waals surface area (Å²) in [5.41, 5.74) is 2.55. The molecule has 2 aromatic rings. The summed E-state index contributed by atoms with van der Waals surface area (Å²) in [4.78, 5) is 0. The Kier molecular flexibility index (Phi) is 3.89. The highest BCUT2D eigenvalue weighted by Gasteiger charge is 2.24. The van der Waals surface area contributed by atoms with E-state index in [0.717, 1.165) is 17.7 Å². The van der Waals surface area contributed by atoms with Crippen LogP contribution in [0.4, 0.5) is 0 Å². The Hall–Kier alpha value is -2.31. The van der Waals surface area contributed by atoms with E-state index >= 15 is 0 Å². The van der Waals surface area contributed by atoms with E-state index in [9.17, 15) is 5.11 Å². The fourth-order valence-corrected chi connectivity index (χ4v) is 2.88. The van der Waals surface area contributed by atoms with Crippen molar-refractivity contribution in [2.24, 2.45) is 0 Å². The lowest BCUT2D eigenvalue weighted by molar-refractivity contribution is 0.145. The Labute approximate surface area is 124 Å². The van der Waals surface area contributed by atoms with Gasteiger partial charge in [-0.3, -0.25) is 0 Å². The second-order valence-corrected chi connectivity index (χ2v) is 5.36. The third-order valence-corrected chi connectivity index (χ3v) is 3.99. The number of benzene rings is 2. The molecule has 0 bridgehead atoms. The van der Waals surface area contributed by atoms with Crippen LogP contribution >= 0.6 is 0 Å². The van der Waals surface area contributed by atoms with Crippen LogP contribution in [0.5, 0.6) is 5.75 Å². The largest absolute Gasteiger partial charge is 0.493 e. The first kappa shape index (κ1) is 13.7. The smallest absolute Gasteiger partial charge is 0.122 e. The molecule has 0 radical (unpaired) electrons. The van der Waals surface area contributed by atoms with Crippen LogP contribution in [0.1, 0.15) is 41.6 Å². The number of para-hydroxylation sites is 1. The number of aliphatic hydroxyl groups excluding tert-OH is 1. The number of fused-ring (bicyclic) bond motifs is 1. The van der Waals surface area contributed by atoms with Crippen LogP contribution in [0.3, 0.4) is 0 Å². The zero-order chi connectivity index (χ0) is 14.7. The molecule has 3 rings (SSSR count). The fourth-order valence-electron chi connectivity index (χ4n) is 2.88. The zero-order valence-electron chi connectivity index (χ0n) is 11.7. The molecule has 0 spiro atoms. The summed E-state index contributed by atoms with van der Waals surface area (Å²) >= 11 is 0. The van der Waals surface area contributed by atoms with E-state index in [1.807, 2.05) is 30.3 Å². The second-order valence-electron chi connectivity index (χ2n) is 5.36. The van der Waals surface area contributed by atoms with Crippen molar-refractivity contribution >= 4 is 0 Å². The first-order valence-electron chi connectivity index (χ1n) is 7.18. The van der Waals surface area contributed by atoms with Gasteiger partial charge in [0.25, 0.3) is 0 Å². The van der Waals surface area contributed by atoms with Gasteiger partial charge in [0.05, 0.1) is 24.3 Å². The minimum atomic E-state index is -0.561. The van der Waals surface area contributed by atoms with Gasteiger partial charge in [0, 0.05) is 0 Å². The van der Waals surface area contributed by atoms with Gasteiger partial charge in [0.1, 0.15) is 5.75 Å². The summed E-state index contributed by atoms with van der Waals surface area (Å²) < 4.78 is 5.65. The normalized spacial score (nSPS) is 18.2. The van der Waals surface area contributed by atoms with Crippen LogP contribution in [-0.2, 0) is 0 Å². The fraction of sp³-hybridized carbons (Fsp3) is 0.278. The maximum atomic E-state index is 10.5. The van der Waals surface area contributed by atoms with Gasteiger partial charge in [-0.25, -0.2) is 0 Å². The SMILES string of the molecule is N#Cc1cccc(C(O)CC2CCOc3ccccc32)c1. The average Bonchev–Trinajstić information content (AvgIpc) is 2.55. The predicted molar refractivity (Wildman–Crippen MR) is 80.0 cm³/mol. The maximum absolute atomic E-state index is 10.5.